The van der Waals surface area contributed by atoms with E-state index in [4.69, 9.17) is 14.2 Å². The number of hydrogen-bond acceptors (Lipinski definition) is 5. The van der Waals surface area contributed by atoms with Crippen LogP contribution in [0.4, 0.5) is 10.5 Å². The molecule has 1 aliphatic rings. The van der Waals surface area contributed by atoms with Crippen molar-refractivity contribution in [2.75, 3.05) is 12.0 Å². The van der Waals surface area contributed by atoms with Crippen LogP contribution in [0.2, 0.25) is 0 Å². The van der Waals surface area contributed by atoms with E-state index in [-0.39, 0.29) is 6.03 Å². The lowest BCUT2D eigenvalue weighted by molar-refractivity contribution is 0.244. The van der Waals surface area contributed by atoms with Gasteiger partial charge in [0.05, 0.1) is 24.4 Å². The van der Waals surface area contributed by atoms with Gasteiger partial charge in [-0.1, -0.05) is 54.5 Å². The summed E-state index contributed by atoms with van der Waals surface area (Å²) in [5.74, 6) is 1.60. The van der Waals surface area contributed by atoms with Gasteiger partial charge in [0.1, 0.15) is 5.75 Å². The third-order valence-electron chi connectivity index (χ3n) is 6.96. The maximum atomic E-state index is 13.5. The zero-order valence-corrected chi connectivity index (χ0v) is 21.7. The van der Waals surface area contributed by atoms with Gasteiger partial charge in [-0.15, -0.1) is 0 Å². The van der Waals surface area contributed by atoms with Crippen LogP contribution in [-0.4, -0.2) is 23.3 Å². The van der Waals surface area contributed by atoms with Crippen LogP contribution >= 0.6 is 0 Å². The normalized spacial score (nSPS) is 15.6. The summed E-state index contributed by atoms with van der Waals surface area (Å²) in [6.07, 6.45) is 0.960. The summed E-state index contributed by atoms with van der Waals surface area (Å²) in [7, 11) is 1.63. The number of anilines is 1. The van der Waals surface area contributed by atoms with Crippen molar-refractivity contribution >= 4 is 17.3 Å². The first-order valence-corrected chi connectivity index (χ1v) is 12.4. The lowest BCUT2D eigenvalue weighted by Gasteiger charge is -2.35. The topological polar surface area (TPSA) is 80.5 Å². The molecule has 2 heterocycles. The van der Waals surface area contributed by atoms with Crippen LogP contribution in [0.1, 0.15) is 48.0 Å². The minimum Gasteiger partial charge on any atom is -0.497 e. The van der Waals surface area contributed by atoms with Crippen LogP contribution < -0.4 is 15.0 Å². The van der Waals surface area contributed by atoms with E-state index < -0.39 is 6.04 Å². The van der Waals surface area contributed by atoms with E-state index in [9.17, 15) is 4.79 Å². The van der Waals surface area contributed by atoms with E-state index in [2.05, 4.69) is 36.5 Å². The minimum atomic E-state index is -0.475. The van der Waals surface area contributed by atoms with E-state index in [1.54, 1.807) is 12.0 Å². The number of amides is 2. The van der Waals surface area contributed by atoms with Gasteiger partial charge < -0.3 is 14.6 Å². The molecule has 2 amide bonds. The largest absolute Gasteiger partial charge is 0.497 e. The smallest absolute Gasteiger partial charge is 0.326 e. The Kier molecular flexibility index (Phi) is 6.53. The van der Waals surface area contributed by atoms with Crippen molar-refractivity contribution in [2.45, 2.75) is 40.2 Å². The number of nitrogens with zero attached hydrogens (tertiary/aromatic N) is 3. The zero-order valence-electron chi connectivity index (χ0n) is 21.7. The fourth-order valence-corrected chi connectivity index (χ4v) is 4.58. The lowest BCUT2D eigenvalue weighted by atomic mass is 9.94. The Morgan fingerprint density at radius 1 is 0.973 bits per heavy atom. The van der Waals surface area contributed by atoms with Gasteiger partial charge in [0.2, 0.25) is 5.82 Å². The molecule has 5 rings (SSSR count). The highest BCUT2D eigenvalue weighted by Crippen LogP contribution is 2.39. The number of aromatic nitrogens is 2. The molecular formula is C30H30N4O3. The Labute approximate surface area is 216 Å². The average Bonchev–Trinajstić information content (AvgIpc) is 3.40. The molecule has 1 aliphatic heterocycles. The predicted octanol–water partition coefficient (Wildman–Crippen LogP) is 6.63. The molecule has 0 bridgehead atoms. The number of ether oxygens (including phenoxy) is 1. The van der Waals surface area contributed by atoms with E-state index >= 15 is 0 Å². The maximum Gasteiger partial charge on any atom is 0.326 e. The number of urea groups is 1. The molecular weight excluding hydrogens is 464 g/mol. The molecule has 4 aromatic rings. The SMILES string of the molecule is CCc1ccc(-c2noc(C3=C(C)N(c4ccc(C)c(C)c4)C(=O)NC3c3ccc(OC)cc3)n2)cc1. The number of carbonyl (C=O) groups excluding carboxylic acids is 1. The zero-order chi connectivity index (χ0) is 26.1. The second-order valence-electron chi connectivity index (χ2n) is 9.23. The van der Waals surface area contributed by atoms with Crippen LogP contribution in [0, 0.1) is 13.8 Å². The first-order valence-electron chi connectivity index (χ1n) is 12.4. The summed E-state index contributed by atoms with van der Waals surface area (Å²) < 4.78 is 11.1. The number of aryl methyl sites for hydroxylation is 3. The van der Waals surface area contributed by atoms with Gasteiger partial charge in [-0.25, -0.2) is 4.79 Å². The summed E-state index contributed by atoms with van der Waals surface area (Å²) in [6.45, 7) is 8.12. The van der Waals surface area contributed by atoms with Gasteiger partial charge in [0.25, 0.3) is 5.89 Å². The number of methoxy groups -OCH3 is 1. The van der Waals surface area contributed by atoms with Gasteiger partial charge in [-0.3, -0.25) is 4.90 Å². The highest BCUT2D eigenvalue weighted by molar-refractivity contribution is 6.01. The molecule has 0 saturated carbocycles. The molecule has 0 saturated heterocycles. The van der Waals surface area contributed by atoms with Crippen LogP contribution in [0.15, 0.2) is 77.0 Å². The summed E-state index contributed by atoms with van der Waals surface area (Å²) in [6, 6.07) is 21.0. The number of allylic oxidation sites excluding steroid dienone is 1. The Hall–Kier alpha value is -4.39. The van der Waals surface area contributed by atoms with E-state index in [1.165, 1.54) is 5.56 Å². The third-order valence-corrected chi connectivity index (χ3v) is 6.96. The first-order chi connectivity index (χ1) is 17.9. The molecule has 1 aromatic heterocycles. The third kappa shape index (κ3) is 4.60. The average molecular weight is 495 g/mol. The molecule has 3 aromatic carbocycles. The first kappa shape index (κ1) is 24.3. The molecule has 0 fully saturated rings. The van der Waals surface area contributed by atoms with Gasteiger partial charge in [0.15, 0.2) is 0 Å². The molecule has 1 atom stereocenters. The van der Waals surface area contributed by atoms with Crippen molar-refractivity contribution in [3.05, 3.63) is 101 Å². The highest BCUT2D eigenvalue weighted by atomic mass is 16.5. The van der Waals surface area contributed by atoms with Crippen LogP contribution in [0.25, 0.3) is 17.0 Å². The number of carbonyl (C=O) groups is 1. The molecule has 0 spiro atoms. The molecule has 7 heteroatoms. The molecule has 7 nitrogen and oxygen atoms in total. The fourth-order valence-electron chi connectivity index (χ4n) is 4.58. The summed E-state index contributed by atoms with van der Waals surface area (Å²) >= 11 is 0. The van der Waals surface area contributed by atoms with Crippen molar-refractivity contribution in [3.63, 3.8) is 0 Å². The summed E-state index contributed by atoms with van der Waals surface area (Å²) in [4.78, 5) is 19.9. The van der Waals surface area contributed by atoms with Crippen molar-refractivity contribution in [2.24, 2.45) is 0 Å². The predicted molar refractivity (Wildman–Crippen MR) is 144 cm³/mol. The second kappa shape index (κ2) is 9.93. The number of hydrogen-bond donors (Lipinski definition) is 1. The standard InChI is InChI=1S/C30H30N4O3/c1-6-21-8-10-23(11-9-21)28-32-29(37-33-28)26-20(4)34(24-14-7-18(2)19(3)17-24)30(35)31-27(26)22-12-15-25(36-5)16-13-22/h7-17,27H,6H2,1-5H3,(H,31,35). The van der Waals surface area contributed by atoms with E-state index in [1.807, 2.05) is 68.4 Å². The maximum absolute atomic E-state index is 13.5. The Morgan fingerprint density at radius 3 is 2.35 bits per heavy atom. The van der Waals surface area contributed by atoms with Crippen LogP contribution in [-0.2, 0) is 6.42 Å². The van der Waals surface area contributed by atoms with Gasteiger partial charge in [0, 0.05) is 11.3 Å². The molecule has 37 heavy (non-hydrogen) atoms. The number of rotatable bonds is 6. The van der Waals surface area contributed by atoms with Crippen molar-refractivity contribution in [3.8, 4) is 17.1 Å². The van der Waals surface area contributed by atoms with Crippen LogP contribution in [0.3, 0.4) is 0 Å². The molecule has 0 radical (unpaired) electrons. The number of nitrogens with one attached hydrogen (secondary N) is 1. The monoisotopic (exact) mass is 494 g/mol. The summed E-state index contributed by atoms with van der Waals surface area (Å²) in [5, 5.41) is 7.43. The Balaban J connectivity index is 1.63. The Bertz CT molecular complexity index is 1470. The second-order valence-corrected chi connectivity index (χ2v) is 9.23. The molecule has 1 N–H and O–H groups in total. The molecule has 188 valence electrons. The van der Waals surface area contributed by atoms with Crippen molar-refractivity contribution < 1.29 is 14.1 Å². The van der Waals surface area contributed by atoms with Gasteiger partial charge in [-0.2, -0.15) is 4.98 Å². The van der Waals surface area contributed by atoms with Crippen LogP contribution in [0.5, 0.6) is 5.75 Å². The lowest BCUT2D eigenvalue weighted by Crippen LogP contribution is -2.46. The minimum absolute atomic E-state index is 0.222. The van der Waals surface area contributed by atoms with Crippen molar-refractivity contribution in [1.29, 1.82) is 0 Å². The molecule has 1 unspecified atom stereocenters. The van der Waals surface area contributed by atoms with Crippen molar-refractivity contribution in [1.82, 2.24) is 15.5 Å². The fraction of sp³-hybridized carbons (Fsp3) is 0.233. The van der Waals surface area contributed by atoms with E-state index in [0.717, 1.165) is 51.4 Å². The highest BCUT2D eigenvalue weighted by Gasteiger charge is 2.36. The van der Waals surface area contributed by atoms with Gasteiger partial charge >= 0.3 is 6.03 Å². The van der Waals surface area contributed by atoms with E-state index in [0.29, 0.717) is 11.7 Å². The van der Waals surface area contributed by atoms with Gasteiger partial charge in [-0.05, 0) is 73.7 Å². The Morgan fingerprint density at radius 2 is 1.70 bits per heavy atom. The quantitative estimate of drug-likeness (QED) is 0.326. The molecule has 0 aliphatic carbocycles. The summed E-state index contributed by atoms with van der Waals surface area (Å²) in [5.41, 5.74) is 7.51. The number of benzene rings is 3.